The zero-order valence-corrected chi connectivity index (χ0v) is 12.3. The number of carbonyl (C=O) groups is 1. The van der Waals surface area contributed by atoms with Crippen LogP contribution in [0.1, 0.15) is 58.8 Å². The third-order valence-corrected chi connectivity index (χ3v) is 4.77. The van der Waals surface area contributed by atoms with E-state index in [0.29, 0.717) is 18.6 Å². The second-order valence-electron chi connectivity index (χ2n) is 6.53. The fraction of sp³-hybridized carbons (Fsp3) is 0.933. The van der Waals surface area contributed by atoms with Crippen molar-refractivity contribution in [3.63, 3.8) is 0 Å². The highest BCUT2D eigenvalue weighted by molar-refractivity contribution is 5.79. The van der Waals surface area contributed by atoms with E-state index < -0.39 is 11.5 Å². The SMILES string of the molecule is CC(C)N1CCC(NC2CCCCCC2)(C(=O)O)C1. The van der Waals surface area contributed by atoms with Gasteiger partial charge in [-0.05, 0) is 33.1 Å². The van der Waals surface area contributed by atoms with Gasteiger partial charge in [0.25, 0.3) is 0 Å². The Morgan fingerprint density at radius 2 is 1.89 bits per heavy atom. The molecule has 0 aromatic heterocycles. The zero-order chi connectivity index (χ0) is 13.9. The molecule has 1 saturated heterocycles. The maximum absolute atomic E-state index is 11.8. The lowest BCUT2D eigenvalue weighted by atomic mass is 9.95. The minimum absolute atomic E-state index is 0.394. The van der Waals surface area contributed by atoms with Gasteiger partial charge in [-0.1, -0.05) is 25.7 Å². The number of nitrogens with zero attached hydrogens (tertiary/aromatic N) is 1. The second kappa shape index (κ2) is 6.23. The molecule has 110 valence electrons. The van der Waals surface area contributed by atoms with Gasteiger partial charge >= 0.3 is 5.97 Å². The Morgan fingerprint density at radius 1 is 1.26 bits per heavy atom. The van der Waals surface area contributed by atoms with Crippen LogP contribution in [0, 0.1) is 0 Å². The van der Waals surface area contributed by atoms with E-state index in [1.54, 1.807) is 0 Å². The van der Waals surface area contributed by atoms with Gasteiger partial charge in [-0.3, -0.25) is 15.0 Å². The zero-order valence-electron chi connectivity index (χ0n) is 12.3. The Kier molecular flexibility index (Phi) is 4.85. The van der Waals surface area contributed by atoms with Crippen LogP contribution in [0.2, 0.25) is 0 Å². The van der Waals surface area contributed by atoms with Crippen LogP contribution in [0.25, 0.3) is 0 Å². The van der Waals surface area contributed by atoms with Crippen molar-refractivity contribution in [1.29, 1.82) is 0 Å². The normalized spacial score (nSPS) is 30.7. The molecule has 0 amide bonds. The lowest BCUT2D eigenvalue weighted by Crippen LogP contribution is -2.57. The molecule has 1 unspecified atom stereocenters. The van der Waals surface area contributed by atoms with Crippen LogP contribution < -0.4 is 5.32 Å². The topological polar surface area (TPSA) is 52.6 Å². The van der Waals surface area contributed by atoms with E-state index in [9.17, 15) is 9.90 Å². The molecule has 0 aromatic carbocycles. The molecule has 0 bridgehead atoms. The number of carboxylic acids is 1. The fourth-order valence-corrected chi connectivity index (χ4v) is 3.45. The summed E-state index contributed by atoms with van der Waals surface area (Å²) < 4.78 is 0. The minimum Gasteiger partial charge on any atom is -0.480 e. The quantitative estimate of drug-likeness (QED) is 0.768. The molecule has 4 heteroatoms. The van der Waals surface area contributed by atoms with Crippen LogP contribution in [0.3, 0.4) is 0 Å². The largest absolute Gasteiger partial charge is 0.480 e. The number of aliphatic carboxylic acids is 1. The monoisotopic (exact) mass is 268 g/mol. The standard InChI is InChI=1S/C15H28N2O2/c1-12(2)17-10-9-15(11-17,14(18)19)16-13-7-5-3-4-6-8-13/h12-13,16H,3-11H2,1-2H3,(H,18,19). The van der Waals surface area contributed by atoms with E-state index in [1.165, 1.54) is 25.7 Å². The molecule has 0 spiro atoms. The first-order valence-electron chi connectivity index (χ1n) is 7.79. The summed E-state index contributed by atoms with van der Waals surface area (Å²) in [6.45, 7) is 5.83. The molecule has 1 aliphatic heterocycles. The summed E-state index contributed by atoms with van der Waals surface area (Å²) in [7, 11) is 0. The third-order valence-electron chi connectivity index (χ3n) is 4.77. The van der Waals surface area contributed by atoms with Gasteiger partial charge in [0.15, 0.2) is 0 Å². The highest BCUT2D eigenvalue weighted by Gasteiger charge is 2.46. The molecule has 2 rings (SSSR count). The van der Waals surface area contributed by atoms with Gasteiger partial charge in [0.05, 0.1) is 0 Å². The van der Waals surface area contributed by atoms with Crippen molar-refractivity contribution < 1.29 is 9.90 Å². The summed E-state index contributed by atoms with van der Waals surface area (Å²) in [5.41, 5.74) is -0.709. The molecule has 2 aliphatic rings. The van der Waals surface area contributed by atoms with E-state index in [0.717, 1.165) is 25.8 Å². The molecule has 1 saturated carbocycles. The van der Waals surface area contributed by atoms with E-state index in [4.69, 9.17) is 0 Å². The number of hydrogen-bond acceptors (Lipinski definition) is 3. The van der Waals surface area contributed by atoms with Crippen LogP contribution in [-0.2, 0) is 4.79 Å². The van der Waals surface area contributed by atoms with Crippen molar-refractivity contribution in [3.8, 4) is 0 Å². The first-order chi connectivity index (χ1) is 9.03. The molecule has 4 nitrogen and oxygen atoms in total. The highest BCUT2D eigenvalue weighted by atomic mass is 16.4. The predicted octanol–water partition coefficient (Wildman–Crippen LogP) is 2.24. The molecular weight excluding hydrogens is 240 g/mol. The van der Waals surface area contributed by atoms with Crippen molar-refractivity contribution in [3.05, 3.63) is 0 Å². The Labute approximate surface area is 116 Å². The third kappa shape index (κ3) is 3.48. The van der Waals surface area contributed by atoms with E-state index >= 15 is 0 Å². The van der Waals surface area contributed by atoms with Crippen molar-refractivity contribution in [2.24, 2.45) is 0 Å². The number of carboxylic acid groups (broad SMARTS) is 1. The summed E-state index contributed by atoms with van der Waals surface area (Å²) in [6, 6.07) is 0.822. The lowest BCUT2D eigenvalue weighted by molar-refractivity contribution is -0.144. The van der Waals surface area contributed by atoms with Crippen molar-refractivity contribution in [2.75, 3.05) is 13.1 Å². The van der Waals surface area contributed by atoms with Gasteiger partial charge in [-0.15, -0.1) is 0 Å². The fourth-order valence-electron chi connectivity index (χ4n) is 3.45. The number of nitrogens with one attached hydrogen (secondary N) is 1. The average molecular weight is 268 g/mol. The summed E-state index contributed by atoms with van der Waals surface area (Å²) in [5.74, 6) is -0.667. The summed E-state index contributed by atoms with van der Waals surface area (Å²) in [6.07, 6.45) is 8.08. The van der Waals surface area contributed by atoms with Crippen molar-refractivity contribution in [1.82, 2.24) is 10.2 Å². The van der Waals surface area contributed by atoms with E-state index in [1.807, 2.05) is 0 Å². The Balaban J connectivity index is 2.02. The number of rotatable bonds is 4. The molecule has 1 aliphatic carbocycles. The molecule has 2 fully saturated rings. The van der Waals surface area contributed by atoms with Gasteiger partial charge in [-0.2, -0.15) is 0 Å². The number of hydrogen-bond donors (Lipinski definition) is 2. The van der Waals surface area contributed by atoms with E-state index in [-0.39, 0.29) is 0 Å². The van der Waals surface area contributed by atoms with Crippen LogP contribution in [-0.4, -0.2) is 46.7 Å². The highest BCUT2D eigenvalue weighted by Crippen LogP contribution is 2.27. The smallest absolute Gasteiger partial charge is 0.325 e. The molecule has 0 aromatic rings. The molecule has 1 atom stereocenters. The van der Waals surface area contributed by atoms with Gasteiger partial charge in [0, 0.05) is 25.2 Å². The van der Waals surface area contributed by atoms with Crippen LogP contribution in [0.5, 0.6) is 0 Å². The van der Waals surface area contributed by atoms with Gasteiger partial charge in [-0.25, -0.2) is 0 Å². The Bertz CT molecular complexity index is 311. The summed E-state index contributed by atoms with van der Waals surface area (Å²) >= 11 is 0. The maximum atomic E-state index is 11.8. The Morgan fingerprint density at radius 3 is 2.37 bits per heavy atom. The number of likely N-dealkylation sites (tertiary alicyclic amines) is 1. The first-order valence-corrected chi connectivity index (χ1v) is 7.79. The Hall–Kier alpha value is -0.610. The molecule has 1 heterocycles. The van der Waals surface area contributed by atoms with Crippen molar-refractivity contribution in [2.45, 2.75) is 76.4 Å². The van der Waals surface area contributed by atoms with Gasteiger partial charge < -0.3 is 5.11 Å². The van der Waals surface area contributed by atoms with Crippen LogP contribution in [0.15, 0.2) is 0 Å². The lowest BCUT2D eigenvalue weighted by Gasteiger charge is -2.32. The van der Waals surface area contributed by atoms with Crippen LogP contribution in [0.4, 0.5) is 0 Å². The van der Waals surface area contributed by atoms with Crippen LogP contribution >= 0.6 is 0 Å². The first kappa shape index (κ1) is 14.8. The van der Waals surface area contributed by atoms with Gasteiger partial charge in [0.2, 0.25) is 0 Å². The molecule has 0 radical (unpaired) electrons. The second-order valence-corrected chi connectivity index (χ2v) is 6.53. The minimum atomic E-state index is -0.709. The summed E-state index contributed by atoms with van der Waals surface area (Å²) in [4.78, 5) is 14.0. The molecule has 2 N–H and O–H groups in total. The van der Waals surface area contributed by atoms with Crippen molar-refractivity contribution >= 4 is 5.97 Å². The summed E-state index contributed by atoms with van der Waals surface area (Å²) in [5, 5.41) is 13.2. The average Bonchev–Trinajstić information content (AvgIpc) is 2.63. The molecular formula is C15H28N2O2. The van der Waals surface area contributed by atoms with E-state index in [2.05, 4.69) is 24.1 Å². The maximum Gasteiger partial charge on any atom is 0.325 e. The molecule has 19 heavy (non-hydrogen) atoms. The van der Waals surface area contributed by atoms with Gasteiger partial charge in [0.1, 0.15) is 5.54 Å². The predicted molar refractivity (Wildman–Crippen MR) is 76.3 cm³/mol.